The number of hydrogen-bond acceptors (Lipinski definition) is 2. The van der Waals surface area contributed by atoms with Crippen LogP contribution < -0.4 is 5.32 Å². The van der Waals surface area contributed by atoms with Gasteiger partial charge in [-0.1, -0.05) is 18.2 Å². The van der Waals surface area contributed by atoms with Crippen LogP contribution in [0.4, 0.5) is 4.39 Å². The predicted molar refractivity (Wildman–Crippen MR) is 75.6 cm³/mol. The zero-order chi connectivity index (χ0) is 13.0. The summed E-state index contributed by atoms with van der Waals surface area (Å²) in [5.74, 6) is -0.126. The summed E-state index contributed by atoms with van der Waals surface area (Å²) in [7, 11) is 0. The van der Waals surface area contributed by atoms with E-state index in [0.29, 0.717) is 5.56 Å². The molecule has 0 aliphatic carbocycles. The third-order valence-corrected chi connectivity index (χ3v) is 4.03. The van der Waals surface area contributed by atoms with Crippen molar-refractivity contribution in [2.24, 2.45) is 0 Å². The maximum atomic E-state index is 13.5. The lowest BCUT2D eigenvalue weighted by atomic mass is 10.1. The lowest BCUT2D eigenvalue weighted by molar-refractivity contribution is 0.566. The van der Waals surface area contributed by atoms with Crippen LogP contribution in [-0.4, -0.2) is 6.54 Å². The number of rotatable bonds is 5. The second-order valence-corrected chi connectivity index (χ2v) is 5.55. The molecule has 2 rings (SSSR count). The third-order valence-electron chi connectivity index (χ3n) is 3.10. The Kier molecular flexibility index (Phi) is 4.50. The van der Waals surface area contributed by atoms with Crippen LogP contribution in [0, 0.1) is 12.7 Å². The summed E-state index contributed by atoms with van der Waals surface area (Å²) < 4.78 is 13.5. The molecule has 1 aromatic heterocycles. The summed E-state index contributed by atoms with van der Waals surface area (Å²) in [5, 5.41) is 5.52. The predicted octanol–water partition coefficient (Wildman–Crippen LogP) is 4.09. The number of thiophene rings is 1. The largest absolute Gasteiger partial charge is 0.310 e. The van der Waals surface area contributed by atoms with Crippen LogP contribution >= 0.6 is 11.3 Å². The Hall–Kier alpha value is -1.19. The van der Waals surface area contributed by atoms with E-state index in [9.17, 15) is 4.39 Å². The second-order valence-electron chi connectivity index (χ2n) is 4.51. The van der Waals surface area contributed by atoms with E-state index in [2.05, 4.69) is 29.8 Å². The van der Waals surface area contributed by atoms with E-state index >= 15 is 0 Å². The molecule has 1 atom stereocenters. The number of hydrogen-bond donors (Lipinski definition) is 1. The molecule has 1 nitrogen and oxygen atoms in total. The molecule has 0 aliphatic rings. The van der Waals surface area contributed by atoms with Crippen LogP contribution in [0.1, 0.15) is 29.0 Å². The van der Waals surface area contributed by atoms with Gasteiger partial charge in [0.2, 0.25) is 0 Å². The van der Waals surface area contributed by atoms with Crippen molar-refractivity contribution in [1.29, 1.82) is 0 Å². The topological polar surface area (TPSA) is 12.0 Å². The first-order valence-corrected chi connectivity index (χ1v) is 7.06. The average Bonchev–Trinajstić information content (AvgIpc) is 2.85. The molecule has 3 heteroatoms. The number of aryl methyl sites for hydroxylation is 1. The van der Waals surface area contributed by atoms with Gasteiger partial charge >= 0.3 is 0 Å². The smallest absolute Gasteiger partial charge is 0.126 e. The Morgan fingerprint density at radius 1 is 1.33 bits per heavy atom. The van der Waals surface area contributed by atoms with Crippen molar-refractivity contribution in [3.8, 4) is 0 Å². The highest BCUT2D eigenvalue weighted by Crippen LogP contribution is 2.16. The highest BCUT2D eigenvalue weighted by molar-refractivity contribution is 7.09. The highest BCUT2D eigenvalue weighted by Gasteiger charge is 2.07. The molecule has 1 aromatic carbocycles. The van der Waals surface area contributed by atoms with Crippen LogP contribution in [0.2, 0.25) is 0 Å². The fraction of sp³-hybridized carbons (Fsp3) is 0.333. The second kappa shape index (κ2) is 6.12. The minimum atomic E-state index is -0.126. The first kappa shape index (κ1) is 13.2. The SMILES string of the molecule is Cc1ccc(C(C)NCCc2cccs2)cc1F. The Bertz CT molecular complexity index is 493. The molecule has 0 saturated heterocycles. The Balaban J connectivity index is 1.87. The molecule has 0 saturated carbocycles. The van der Waals surface area contributed by atoms with Gasteiger partial charge in [-0.15, -0.1) is 11.3 Å². The van der Waals surface area contributed by atoms with Crippen LogP contribution in [0.3, 0.4) is 0 Å². The quantitative estimate of drug-likeness (QED) is 0.856. The van der Waals surface area contributed by atoms with Crippen molar-refractivity contribution in [3.05, 3.63) is 57.5 Å². The van der Waals surface area contributed by atoms with Crippen LogP contribution in [0.25, 0.3) is 0 Å². The molecule has 2 aromatic rings. The maximum absolute atomic E-state index is 13.5. The molecule has 0 amide bonds. The molecule has 0 bridgehead atoms. The molecular weight excluding hydrogens is 245 g/mol. The zero-order valence-corrected chi connectivity index (χ0v) is 11.6. The van der Waals surface area contributed by atoms with E-state index in [1.165, 1.54) is 4.88 Å². The normalized spacial score (nSPS) is 12.6. The molecule has 0 fully saturated rings. The molecule has 1 heterocycles. The Labute approximate surface area is 112 Å². The van der Waals surface area contributed by atoms with Crippen LogP contribution in [0.5, 0.6) is 0 Å². The van der Waals surface area contributed by atoms with E-state index in [-0.39, 0.29) is 11.9 Å². The van der Waals surface area contributed by atoms with E-state index in [4.69, 9.17) is 0 Å². The zero-order valence-electron chi connectivity index (χ0n) is 10.7. The molecule has 96 valence electrons. The standard InChI is InChI=1S/C15H18FNS/c1-11-5-6-13(10-15(11)16)12(2)17-8-7-14-4-3-9-18-14/h3-6,9-10,12,17H,7-8H2,1-2H3. The van der Waals surface area contributed by atoms with Gasteiger partial charge < -0.3 is 5.32 Å². The summed E-state index contributed by atoms with van der Waals surface area (Å²) in [4.78, 5) is 1.38. The lowest BCUT2D eigenvalue weighted by Gasteiger charge is -2.14. The van der Waals surface area contributed by atoms with E-state index in [0.717, 1.165) is 18.5 Å². The number of nitrogens with one attached hydrogen (secondary N) is 1. The molecule has 0 spiro atoms. The lowest BCUT2D eigenvalue weighted by Crippen LogP contribution is -2.21. The molecular formula is C15H18FNS. The van der Waals surface area contributed by atoms with Crippen LogP contribution in [0.15, 0.2) is 35.7 Å². The summed E-state index contributed by atoms with van der Waals surface area (Å²) in [6.45, 7) is 4.77. The fourth-order valence-electron chi connectivity index (χ4n) is 1.86. The van der Waals surface area contributed by atoms with Gasteiger partial charge in [-0.25, -0.2) is 4.39 Å². The first-order chi connectivity index (χ1) is 8.66. The van der Waals surface area contributed by atoms with Crippen molar-refractivity contribution < 1.29 is 4.39 Å². The van der Waals surface area contributed by atoms with Gasteiger partial charge in [0, 0.05) is 17.5 Å². The monoisotopic (exact) mass is 263 g/mol. The first-order valence-electron chi connectivity index (χ1n) is 6.18. The van der Waals surface area contributed by atoms with Crippen LogP contribution in [-0.2, 0) is 6.42 Å². The van der Waals surface area contributed by atoms with Gasteiger partial charge in [-0.05, 0) is 48.9 Å². The summed E-state index contributed by atoms with van der Waals surface area (Å²) >= 11 is 1.77. The summed E-state index contributed by atoms with van der Waals surface area (Å²) in [6.07, 6.45) is 1.02. The molecule has 1 unspecified atom stereocenters. The van der Waals surface area contributed by atoms with Crippen molar-refractivity contribution in [1.82, 2.24) is 5.32 Å². The van der Waals surface area contributed by atoms with Gasteiger partial charge in [-0.2, -0.15) is 0 Å². The number of benzene rings is 1. The van der Waals surface area contributed by atoms with E-state index in [1.54, 1.807) is 24.3 Å². The van der Waals surface area contributed by atoms with Crippen molar-refractivity contribution >= 4 is 11.3 Å². The minimum absolute atomic E-state index is 0.126. The highest BCUT2D eigenvalue weighted by atomic mass is 32.1. The maximum Gasteiger partial charge on any atom is 0.126 e. The van der Waals surface area contributed by atoms with Gasteiger partial charge in [0.25, 0.3) is 0 Å². The van der Waals surface area contributed by atoms with Crippen molar-refractivity contribution in [2.75, 3.05) is 6.54 Å². The van der Waals surface area contributed by atoms with Gasteiger partial charge in [0.15, 0.2) is 0 Å². The Morgan fingerprint density at radius 2 is 2.17 bits per heavy atom. The van der Waals surface area contributed by atoms with Gasteiger partial charge in [0.1, 0.15) is 5.82 Å². The molecule has 0 radical (unpaired) electrons. The van der Waals surface area contributed by atoms with Gasteiger partial charge in [-0.3, -0.25) is 0 Å². The Morgan fingerprint density at radius 3 is 2.83 bits per heavy atom. The van der Waals surface area contributed by atoms with E-state index < -0.39 is 0 Å². The molecule has 1 N–H and O–H groups in total. The van der Waals surface area contributed by atoms with E-state index in [1.807, 2.05) is 12.1 Å². The fourth-order valence-corrected chi connectivity index (χ4v) is 2.57. The average molecular weight is 263 g/mol. The molecule has 0 aliphatic heterocycles. The van der Waals surface area contributed by atoms with Gasteiger partial charge in [0.05, 0.1) is 0 Å². The summed E-state index contributed by atoms with van der Waals surface area (Å²) in [5.41, 5.74) is 1.70. The van der Waals surface area contributed by atoms with Crippen molar-refractivity contribution in [3.63, 3.8) is 0 Å². The molecule has 18 heavy (non-hydrogen) atoms. The number of halogens is 1. The van der Waals surface area contributed by atoms with Crippen molar-refractivity contribution in [2.45, 2.75) is 26.3 Å². The minimum Gasteiger partial charge on any atom is -0.310 e. The summed E-state index contributed by atoms with van der Waals surface area (Å²) in [6, 6.07) is 9.84. The third kappa shape index (κ3) is 3.40.